The molecule has 1 heterocycles. The number of piperazine rings is 1. The van der Waals surface area contributed by atoms with Crippen molar-refractivity contribution in [1.29, 1.82) is 0 Å². The van der Waals surface area contributed by atoms with Gasteiger partial charge in [0.15, 0.2) is 0 Å². The Bertz CT molecular complexity index is 427. The van der Waals surface area contributed by atoms with E-state index in [9.17, 15) is 0 Å². The van der Waals surface area contributed by atoms with Gasteiger partial charge in [-0.3, -0.25) is 4.90 Å². The fourth-order valence-electron chi connectivity index (χ4n) is 3.15. The summed E-state index contributed by atoms with van der Waals surface area (Å²) < 4.78 is 5.34. The number of methoxy groups -OCH3 is 1. The lowest BCUT2D eigenvalue weighted by Crippen LogP contribution is -2.46. The maximum Gasteiger partial charge on any atom is 0.119 e. The fraction of sp³-hybridized carbons (Fsp3) is 0.647. The number of nitrogens with one attached hydrogen (secondary N) is 1. The first-order chi connectivity index (χ1) is 9.67. The third-order valence-electron chi connectivity index (χ3n) is 4.52. The van der Waals surface area contributed by atoms with Crippen LogP contribution in [0.4, 0.5) is 0 Å². The molecule has 0 aromatic heterocycles. The number of rotatable bonds is 5. The van der Waals surface area contributed by atoms with Gasteiger partial charge in [-0.15, -0.1) is 0 Å². The third-order valence-corrected chi connectivity index (χ3v) is 4.52. The monoisotopic (exact) mass is 276 g/mol. The molecule has 0 saturated carbocycles. The number of aryl methyl sites for hydroxylation is 1. The van der Waals surface area contributed by atoms with Gasteiger partial charge in [-0.1, -0.05) is 26.3 Å². The summed E-state index contributed by atoms with van der Waals surface area (Å²) >= 11 is 0. The van der Waals surface area contributed by atoms with Crippen molar-refractivity contribution < 1.29 is 4.74 Å². The SMILES string of the molecule is CCC(C)[C@H](c1ccc(OC)cc1C)N1CCNCC1. The minimum atomic E-state index is 0.521. The highest BCUT2D eigenvalue weighted by Gasteiger charge is 2.27. The lowest BCUT2D eigenvalue weighted by atomic mass is 9.88. The Morgan fingerprint density at radius 2 is 2.00 bits per heavy atom. The van der Waals surface area contributed by atoms with E-state index in [0.717, 1.165) is 31.9 Å². The summed E-state index contributed by atoms with van der Waals surface area (Å²) in [6.07, 6.45) is 1.21. The molecular weight excluding hydrogens is 248 g/mol. The molecule has 1 unspecified atom stereocenters. The summed E-state index contributed by atoms with van der Waals surface area (Å²) in [6.45, 7) is 11.3. The molecule has 0 spiro atoms. The Kier molecular flexibility index (Phi) is 5.44. The van der Waals surface area contributed by atoms with Crippen LogP contribution in [0.3, 0.4) is 0 Å². The molecule has 0 radical (unpaired) electrons. The average molecular weight is 276 g/mol. The molecule has 1 fully saturated rings. The third kappa shape index (κ3) is 3.33. The molecule has 112 valence electrons. The van der Waals surface area contributed by atoms with Crippen LogP contribution in [0.1, 0.15) is 37.4 Å². The van der Waals surface area contributed by atoms with Crippen LogP contribution in [-0.2, 0) is 0 Å². The van der Waals surface area contributed by atoms with Crippen molar-refractivity contribution in [3.05, 3.63) is 29.3 Å². The van der Waals surface area contributed by atoms with E-state index in [2.05, 4.69) is 49.2 Å². The van der Waals surface area contributed by atoms with Crippen molar-refractivity contribution in [2.75, 3.05) is 33.3 Å². The standard InChI is InChI=1S/C17H28N2O/c1-5-13(2)17(19-10-8-18-9-11-19)16-7-6-15(20-4)12-14(16)3/h6-7,12-13,17-18H,5,8-11H2,1-4H3/t13?,17-/m1/s1. The zero-order chi connectivity index (χ0) is 14.5. The van der Waals surface area contributed by atoms with Gasteiger partial charge in [-0.2, -0.15) is 0 Å². The van der Waals surface area contributed by atoms with Crippen LogP contribution in [0, 0.1) is 12.8 Å². The van der Waals surface area contributed by atoms with Gasteiger partial charge in [0.1, 0.15) is 5.75 Å². The van der Waals surface area contributed by atoms with E-state index in [4.69, 9.17) is 4.74 Å². The van der Waals surface area contributed by atoms with Gasteiger partial charge < -0.3 is 10.1 Å². The zero-order valence-electron chi connectivity index (χ0n) is 13.3. The molecule has 2 atom stereocenters. The molecule has 0 amide bonds. The minimum absolute atomic E-state index is 0.521. The smallest absolute Gasteiger partial charge is 0.119 e. The van der Waals surface area contributed by atoms with Crippen molar-refractivity contribution >= 4 is 0 Å². The summed E-state index contributed by atoms with van der Waals surface area (Å²) in [4.78, 5) is 2.64. The summed E-state index contributed by atoms with van der Waals surface area (Å²) in [7, 11) is 1.73. The Hall–Kier alpha value is -1.06. The van der Waals surface area contributed by atoms with Crippen LogP contribution < -0.4 is 10.1 Å². The molecule has 1 aromatic rings. The Labute approximate surface area is 123 Å². The number of hydrogen-bond acceptors (Lipinski definition) is 3. The van der Waals surface area contributed by atoms with E-state index in [1.165, 1.54) is 17.5 Å². The van der Waals surface area contributed by atoms with Gasteiger partial charge in [-0.05, 0) is 36.1 Å². The summed E-state index contributed by atoms with van der Waals surface area (Å²) in [5, 5.41) is 3.45. The highest BCUT2D eigenvalue weighted by molar-refractivity contribution is 5.37. The molecule has 0 aliphatic carbocycles. The molecule has 3 nitrogen and oxygen atoms in total. The van der Waals surface area contributed by atoms with E-state index in [0.29, 0.717) is 12.0 Å². The molecule has 1 aliphatic rings. The first-order valence-corrected chi connectivity index (χ1v) is 7.76. The fourth-order valence-corrected chi connectivity index (χ4v) is 3.15. The first kappa shape index (κ1) is 15.3. The predicted octanol–water partition coefficient (Wildman–Crippen LogP) is 3.00. The molecule has 2 rings (SSSR count). The van der Waals surface area contributed by atoms with Crippen LogP contribution in [0.2, 0.25) is 0 Å². The van der Waals surface area contributed by atoms with Crippen LogP contribution in [0.15, 0.2) is 18.2 Å². The van der Waals surface area contributed by atoms with Crippen molar-refractivity contribution in [2.45, 2.75) is 33.2 Å². The van der Waals surface area contributed by atoms with E-state index < -0.39 is 0 Å². The topological polar surface area (TPSA) is 24.5 Å². The van der Waals surface area contributed by atoms with Crippen molar-refractivity contribution in [3.8, 4) is 5.75 Å². The largest absolute Gasteiger partial charge is 0.497 e. The van der Waals surface area contributed by atoms with Gasteiger partial charge in [0.25, 0.3) is 0 Å². The highest BCUT2D eigenvalue weighted by Crippen LogP contribution is 2.34. The normalized spacial score (nSPS) is 19.6. The van der Waals surface area contributed by atoms with E-state index in [1.807, 2.05) is 0 Å². The Morgan fingerprint density at radius 3 is 2.55 bits per heavy atom. The van der Waals surface area contributed by atoms with Crippen LogP contribution in [-0.4, -0.2) is 38.2 Å². The average Bonchev–Trinajstić information content (AvgIpc) is 2.50. The molecule has 1 N–H and O–H groups in total. The summed E-state index contributed by atoms with van der Waals surface area (Å²) in [5.41, 5.74) is 2.80. The van der Waals surface area contributed by atoms with Crippen molar-refractivity contribution in [1.82, 2.24) is 10.2 Å². The maximum absolute atomic E-state index is 5.34. The molecule has 1 aromatic carbocycles. The van der Waals surface area contributed by atoms with Gasteiger partial charge in [0, 0.05) is 32.2 Å². The highest BCUT2D eigenvalue weighted by atomic mass is 16.5. The number of hydrogen-bond donors (Lipinski definition) is 1. The molecule has 1 saturated heterocycles. The van der Waals surface area contributed by atoms with Gasteiger partial charge >= 0.3 is 0 Å². The van der Waals surface area contributed by atoms with Crippen LogP contribution in [0.25, 0.3) is 0 Å². The minimum Gasteiger partial charge on any atom is -0.497 e. The zero-order valence-corrected chi connectivity index (χ0v) is 13.3. The Balaban J connectivity index is 2.30. The summed E-state index contributed by atoms with van der Waals surface area (Å²) in [6, 6.07) is 7.04. The molecular formula is C17H28N2O. The first-order valence-electron chi connectivity index (χ1n) is 7.76. The van der Waals surface area contributed by atoms with Crippen molar-refractivity contribution in [3.63, 3.8) is 0 Å². The van der Waals surface area contributed by atoms with E-state index >= 15 is 0 Å². The lowest BCUT2D eigenvalue weighted by molar-refractivity contribution is 0.128. The molecule has 0 bridgehead atoms. The molecule has 1 aliphatic heterocycles. The quantitative estimate of drug-likeness (QED) is 0.895. The molecule has 20 heavy (non-hydrogen) atoms. The Morgan fingerprint density at radius 1 is 1.30 bits per heavy atom. The number of ether oxygens (including phenoxy) is 1. The van der Waals surface area contributed by atoms with Crippen LogP contribution in [0.5, 0.6) is 5.75 Å². The van der Waals surface area contributed by atoms with Gasteiger partial charge in [0.2, 0.25) is 0 Å². The number of benzene rings is 1. The number of nitrogens with zero attached hydrogens (tertiary/aromatic N) is 1. The van der Waals surface area contributed by atoms with Crippen LogP contribution >= 0.6 is 0 Å². The predicted molar refractivity (Wildman–Crippen MR) is 84.4 cm³/mol. The maximum atomic E-state index is 5.34. The lowest BCUT2D eigenvalue weighted by Gasteiger charge is -2.39. The van der Waals surface area contributed by atoms with Crippen molar-refractivity contribution in [2.24, 2.45) is 5.92 Å². The second kappa shape index (κ2) is 7.09. The second-order valence-corrected chi connectivity index (χ2v) is 5.84. The van der Waals surface area contributed by atoms with E-state index in [1.54, 1.807) is 7.11 Å². The summed E-state index contributed by atoms with van der Waals surface area (Å²) in [5.74, 6) is 1.62. The van der Waals surface area contributed by atoms with E-state index in [-0.39, 0.29) is 0 Å². The second-order valence-electron chi connectivity index (χ2n) is 5.84. The van der Waals surface area contributed by atoms with Gasteiger partial charge in [-0.25, -0.2) is 0 Å². The molecule has 3 heteroatoms. The van der Waals surface area contributed by atoms with Gasteiger partial charge in [0.05, 0.1) is 7.11 Å².